The fraction of sp³-hybridized carbons (Fsp3) is 0.214. The van der Waals surface area contributed by atoms with Crippen LogP contribution in [0.15, 0.2) is 72.3 Å². The average Bonchev–Trinajstić information content (AvgIpc) is 3.11. The van der Waals surface area contributed by atoms with Crippen LogP contribution < -0.4 is 9.80 Å². The SMILES string of the molecule is CCN(CC)c1ccc(C2/C(=C(\O)c3cccc(Cl)c3)C(=O)C(=O)N2c2cc(C)ccc2O)cc1. The third-order valence-corrected chi connectivity index (χ3v) is 6.51. The van der Waals surface area contributed by atoms with E-state index in [4.69, 9.17) is 11.6 Å². The molecule has 0 radical (unpaired) electrons. The van der Waals surface area contributed by atoms with Crippen molar-refractivity contribution in [3.05, 3.63) is 94.0 Å². The summed E-state index contributed by atoms with van der Waals surface area (Å²) in [6.45, 7) is 7.63. The number of aliphatic hydroxyl groups is 1. The van der Waals surface area contributed by atoms with Crippen LogP contribution in [0.5, 0.6) is 5.75 Å². The van der Waals surface area contributed by atoms with Crippen LogP contribution in [0.25, 0.3) is 5.76 Å². The van der Waals surface area contributed by atoms with Gasteiger partial charge in [-0.3, -0.25) is 14.5 Å². The standard InChI is InChI=1S/C28H27ClN2O4/c1-4-30(5-2)21-12-10-18(11-13-21)25-24(26(33)19-7-6-8-20(29)16-19)27(34)28(35)31(25)22-15-17(3)9-14-23(22)32/h6-16,25,32-33H,4-5H2,1-3H3/b26-24+. The van der Waals surface area contributed by atoms with E-state index in [-0.39, 0.29) is 22.8 Å². The van der Waals surface area contributed by atoms with Gasteiger partial charge in [0.1, 0.15) is 11.5 Å². The van der Waals surface area contributed by atoms with E-state index in [9.17, 15) is 19.8 Å². The number of carbonyl (C=O) groups is 2. The molecule has 4 rings (SSSR count). The number of aryl methyl sites for hydroxylation is 1. The minimum absolute atomic E-state index is 0.0613. The second-order valence-corrected chi connectivity index (χ2v) is 8.87. The van der Waals surface area contributed by atoms with Gasteiger partial charge in [0.05, 0.1) is 17.3 Å². The maximum absolute atomic E-state index is 13.3. The van der Waals surface area contributed by atoms with Gasteiger partial charge in [-0.1, -0.05) is 41.9 Å². The highest BCUT2D eigenvalue weighted by molar-refractivity contribution is 6.52. The summed E-state index contributed by atoms with van der Waals surface area (Å²) in [5.41, 5.74) is 2.91. The number of aliphatic hydroxyl groups excluding tert-OH is 1. The first-order chi connectivity index (χ1) is 16.8. The van der Waals surface area contributed by atoms with Crippen molar-refractivity contribution in [2.75, 3.05) is 22.9 Å². The minimum Gasteiger partial charge on any atom is -0.507 e. The van der Waals surface area contributed by atoms with Crippen LogP contribution in [0.3, 0.4) is 0 Å². The van der Waals surface area contributed by atoms with Gasteiger partial charge in [0, 0.05) is 29.4 Å². The van der Waals surface area contributed by atoms with Gasteiger partial charge in [0.15, 0.2) is 0 Å². The number of amides is 1. The predicted molar refractivity (Wildman–Crippen MR) is 139 cm³/mol. The molecule has 1 aliphatic rings. The maximum atomic E-state index is 13.3. The second-order valence-electron chi connectivity index (χ2n) is 8.44. The number of aromatic hydroxyl groups is 1. The Morgan fingerprint density at radius 2 is 1.69 bits per heavy atom. The van der Waals surface area contributed by atoms with Gasteiger partial charge in [-0.25, -0.2) is 0 Å². The molecule has 6 nitrogen and oxygen atoms in total. The largest absolute Gasteiger partial charge is 0.507 e. The maximum Gasteiger partial charge on any atom is 0.300 e. The van der Waals surface area contributed by atoms with Gasteiger partial charge in [-0.2, -0.15) is 0 Å². The Hall–Kier alpha value is -3.77. The Morgan fingerprint density at radius 1 is 1.00 bits per heavy atom. The number of anilines is 2. The number of phenolic OH excluding ortho intramolecular Hbond substituents is 1. The molecule has 3 aromatic rings. The zero-order valence-electron chi connectivity index (χ0n) is 19.8. The number of halogens is 1. The molecule has 1 heterocycles. The summed E-state index contributed by atoms with van der Waals surface area (Å²) in [5, 5.41) is 22.2. The smallest absolute Gasteiger partial charge is 0.300 e. The average molecular weight is 491 g/mol. The molecule has 1 fully saturated rings. The molecule has 0 aromatic heterocycles. The molecule has 1 atom stereocenters. The molecular weight excluding hydrogens is 464 g/mol. The highest BCUT2D eigenvalue weighted by atomic mass is 35.5. The van der Waals surface area contributed by atoms with Gasteiger partial charge in [0.2, 0.25) is 0 Å². The van der Waals surface area contributed by atoms with E-state index in [1.807, 2.05) is 31.2 Å². The van der Waals surface area contributed by atoms with E-state index in [1.54, 1.807) is 30.3 Å². The van der Waals surface area contributed by atoms with E-state index in [0.29, 0.717) is 16.1 Å². The Bertz CT molecular complexity index is 1310. The molecule has 180 valence electrons. The highest BCUT2D eigenvalue weighted by Gasteiger charge is 2.47. The fourth-order valence-electron chi connectivity index (χ4n) is 4.47. The lowest BCUT2D eigenvalue weighted by Gasteiger charge is -2.27. The number of phenols is 1. The minimum atomic E-state index is -0.938. The third kappa shape index (κ3) is 4.49. The van der Waals surface area contributed by atoms with Crippen LogP contribution in [0.2, 0.25) is 5.02 Å². The van der Waals surface area contributed by atoms with Gasteiger partial charge in [-0.15, -0.1) is 0 Å². The highest BCUT2D eigenvalue weighted by Crippen LogP contribution is 2.45. The summed E-state index contributed by atoms with van der Waals surface area (Å²) in [5.74, 6) is -2.11. The van der Waals surface area contributed by atoms with Crippen LogP contribution in [0, 0.1) is 6.92 Å². The van der Waals surface area contributed by atoms with E-state index in [2.05, 4.69) is 18.7 Å². The van der Waals surface area contributed by atoms with E-state index in [1.165, 1.54) is 17.0 Å². The topological polar surface area (TPSA) is 81.1 Å². The summed E-state index contributed by atoms with van der Waals surface area (Å²) >= 11 is 6.12. The lowest BCUT2D eigenvalue weighted by molar-refractivity contribution is -0.132. The lowest BCUT2D eigenvalue weighted by Crippen LogP contribution is -2.29. The zero-order valence-corrected chi connectivity index (χ0v) is 20.6. The number of nitrogens with zero attached hydrogens (tertiary/aromatic N) is 2. The molecule has 0 bridgehead atoms. The van der Waals surface area contributed by atoms with Gasteiger partial charge in [-0.05, 0) is 68.3 Å². The Labute approximate surface area is 209 Å². The van der Waals surface area contributed by atoms with Crippen molar-refractivity contribution < 1.29 is 19.8 Å². The van der Waals surface area contributed by atoms with Crippen molar-refractivity contribution >= 4 is 40.4 Å². The quantitative estimate of drug-likeness (QED) is 0.258. The van der Waals surface area contributed by atoms with Crippen molar-refractivity contribution in [2.45, 2.75) is 26.8 Å². The molecule has 1 saturated heterocycles. The Kier molecular flexibility index (Phi) is 6.85. The molecule has 7 heteroatoms. The molecule has 0 spiro atoms. The van der Waals surface area contributed by atoms with Gasteiger partial charge in [0.25, 0.3) is 11.7 Å². The van der Waals surface area contributed by atoms with Crippen molar-refractivity contribution in [1.29, 1.82) is 0 Å². The Morgan fingerprint density at radius 3 is 2.31 bits per heavy atom. The van der Waals surface area contributed by atoms with Crippen LogP contribution in [0.1, 0.15) is 36.6 Å². The molecule has 2 N–H and O–H groups in total. The Balaban J connectivity index is 1.94. The molecule has 0 saturated carbocycles. The first-order valence-electron chi connectivity index (χ1n) is 11.5. The first-order valence-corrected chi connectivity index (χ1v) is 11.9. The first kappa shape index (κ1) is 24.4. The number of benzene rings is 3. The molecular formula is C28H27ClN2O4. The monoisotopic (exact) mass is 490 g/mol. The molecule has 1 amide bonds. The van der Waals surface area contributed by atoms with Crippen molar-refractivity contribution in [3.63, 3.8) is 0 Å². The normalized spacial score (nSPS) is 17.1. The van der Waals surface area contributed by atoms with Crippen molar-refractivity contribution in [3.8, 4) is 5.75 Å². The lowest BCUT2D eigenvalue weighted by atomic mass is 9.94. The summed E-state index contributed by atoms with van der Waals surface area (Å²) < 4.78 is 0. The summed E-state index contributed by atoms with van der Waals surface area (Å²) in [7, 11) is 0. The van der Waals surface area contributed by atoms with Crippen LogP contribution in [-0.2, 0) is 9.59 Å². The number of hydrogen-bond acceptors (Lipinski definition) is 5. The summed E-state index contributed by atoms with van der Waals surface area (Å²) in [4.78, 5) is 30.1. The predicted octanol–water partition coefficient (Wildman–Crippen LogP) is 5.83. The molecule has 1 unspecified atom stereocenters. The molecule has 0 aliphatic carbocycles. The van der Waals surface area contributed by atoms with Crippen molar-refractivity contribution in [1.82, 2.24) is 0 Å². The number of ketones is 1. The van der Waals surface area contributed by atoms with Crippen molar-refractivity contribution in [2.24, 2.45) is 0 Å². The van der Waals surface area contributed by atoms with E-state index >= 15 is 0 Å². The van der Waals surface area contributed by atoms with E-state index in [0.717, 1.165) is 24.3 Å². The van der Waals surface area contributed by atoms with Gasteiger partial charge >= 0.3 is 0 Å². The van der Waals surface area contributed by atoms with Gasteiger partial charge < -0.3 is 15.1 Å². The number of hydrogen-bond donors (Lipinski definition) is 2. The fourth-order valence-corrected chi connectivity index (χ4v) is 4.66. The number of Topliss-reactive ketones (excluding diaryl/α,β-unsaturated/α-hetero) is 1. The number of rotatable bonds is 6. The number of carbonyl (C=O) groups excluding carboxylic acids is 2. The molecule has 3 aromatic carbocycles. The van der Waals surface area contributed by atoms with Crippen LogP contribution in [0.4, 0.5) is 11.4 Å². The molecule has 35 heavy (non-hydrogen) atoms. The zero-order chi connectivity index (χ0) is 25.3. The van der Waals surface area contributed by atoms with Crippen LogP contribution >= 0.6 is 11.6 Å². The summed E-state index contributed by atoms with van der Waals surface area (Å²) in [6.07, 6.45) is 0. The van der Waals surface area contributed by atoms with Crippen LogP contribution in [-0.4, -0.2) is 35.0 Å². The second kappa shape index (κ2) is 9.84. The summed E-state index contributed by atoms with van der Waals surface area (Å²) in [6, 6.07) is 17.9. The molecule has 1 aliphatic heterocycles. The third-order valence-electron chi connectivity index (χ3n) is 6.27. The van der Waals surface area contributed by atoms with E-state index < -0.39 is 17.7 Å².